The van der Waals surface area contributed by atoms with E-state index in [1.54, 1.807) is 21.6 Å². The van der Waals surface area contributed by atoms with Crippen LogP contribution in [0, 0.1) is 0 Å². The number of aromatic carboxylic acids is 1. The van der Waals surface area contributed by atoms with Crippen molar-refractivity contribution in [3.8, 4) is 0 Å². The lowest BCUT2D eigenvalue weighted by Crippen LogP contribution is -2.42. The van der Waals surface area contributed by atoms with Gasteiger partial charge in [-0.3, -0.25) is 4.79 Å². The van der Waals surface area contributed by atoms with Crippen molar-refractivity contribution in [2.24, 2.45) is 0 Å². The summed E-state index contributed by atoms with van der Waals surface area (Å²) < 4.78 is 6.93. The normalized spacial score (nSPS) is 15.3. The second-order valence-corrected chi connectivity index (χ2v) is 4.99. The van der Waals surface area contributed by atoms with Crippen LogP contribution in [0.4, 0.5) is 0 Å². The van der Waals surface area contributed by atoms with Crippen molar-refractivity contribution < 1.29 is 19.4 Å². The maximum Gasteiger partial charge on any atom is 0.337 e. The number of nitrogens with zero attached hydrogens (tertiary/aromatic N) is 2. The van der Waals surface area contributed by atoms with E-state index >= 15 is 0 Å². The van der Waals surface area contributed by atoms with Crippen molar-refractivity contribution in [3.05, 3.63) is 36.0 Å². The number of aromatic nitrogens is 1. The van der Waals surface area contributed by atoms with Crippen molar-refractivity contribution in [2.45, 2.75) is 6.54 Å². The molecule has 1 amide bonds. The Bertz CT molecular complexity index is 686. The second kappa shape index (κ2) is 5.57. The number of carbonyl (C=O) groups is 2. The van der Waals surface area contributed by atoms with Gasteiger partial charge in [-0.1, -0.05) is 18.2 Å². The Morgan fingerprint density at radius 2 is 1.90 bits per heavy atom. The molecule has 1 saturated heterocycles. The predicted octanol–water partition coefficient (Wildman–Crippen LogP) is 1.20. The van der Waals surface area contributed by atoms with Crippen LogP contribution in [0.3, 0.4) is 0 Å². The Hall–Kier alpha value is -2.34. The van der Waals surface area contributed by atoms with Crippen LogP contribution in [0.5, 0.6) is 0 Å². The van der Waals surface area contributed by atoms with Crippen molar-refractivity contribution >= 4 is 22.8 Å². The molecule has 1 aromatic carbocycles. The van der Waals surface area contributed by atoms with Gasteiger partial charge in [0, 0.05) is 30.2 Å². The Labute approximate surface area is 121 Å². The molecular weight excluding hydrogens is 272 g/mol. The molecular formula is C15H16N2O4. The first-order valence-corrected chi connectivity index (χ1v) is 6.83. The summed E-state index contributed by atoms with van der Waals surface area (Å²) in [5, 5.41) is 9.91. The lowest BCUT2D eigenvalue weighted by molar-refractivity contribution is -0.135. The zero-order chi connectivity index (χ0) is 14.8. The van der Waals surface area contributed by atoms with Gasteiger partial charge in [0.15, 0.2) is 0 Å². The highest BCUT2D eigenvalue weighted by Gasteiger charge is 2.19. The molecule has 1 aromatic heterocycles. The number of hydrogen-bond acceptors (Lipinski definition) is 3. The summed E-state index contributed by atoms with van der Waals surface area (Å²) in [4.78, 5) is 25.3. The molecule has 6 heteroatoms. The van der Waals surface area contributed by atoms with Crippen molar-refractivity contribution in [1.29, 1.82) is 0 Å². The van der Waals surface area contributed by atoms with Crippen LogP contribution in [0.2, 0.25) is 0 Å². The minimum atomic E-state index is -0.983. The van der Waals surface area contributed by atoms with Crippen LogP contribution in [0.1, 0.15) is 10.4 Å². The van der Waals surface area contributed by atoms with Crippen molar-refractivity contribution in [2.75, 3.05) is 26.3 Å². The van der Waals surface area contributed by atoms with E-state index in [1.165, 1.54) is 6.20 Å². The topological polar surface area (TPSA) is 71.8 Å². The molecule has 0 spiro atoms. The number of benzene rings is 1. The van der Waals surface area contributed by atoms with Gasteiger partial charge in [-0.2, -0.15) is 0 Å². The summed E-state index contributed by atoms with van der Waals surface area (Å²) in [5.41, 5.74) is 0.983. The molecule has 0 saturated carbocycles. The number of rotatable bonds is 3. The summed E-state index contributed by atoms with van der Waals surface area (Å²) in [7, 11) is 0. The van der Waals surface area contributed by atoms with Crippen LogP contribution in [-0.4, -0.2) is 52.8 Å². The summed E-state index contributed by atoms with van der Waals surface area (Å²) in [6.45, 7) is 2.43. The molecule has 0 radical (unpaired) electrons. The molecule has 1 fully saturated rings. The Kier molecular flexibility index (Phi) is 3.62. The molecule has 0 atom stereocenters. The Balaban J connectivity index is 1.90. The quantitative estimate of drug-likeness (QED) is 0.921. The first kappa shape index (κ1) is 13.6. The molecule has 21 heavy (non-hydrogen) atoms. The minimum absolute atomic E-state index is 0.0176. The SMILES string of the molecule is O=C(O)c1cn(CC(=O)N2CCOCC2)c2ccccc12. The molecule has 2 heterocycles. The van der Waals surface area contributed by atoms with Gasteiger partial charge in [0.25, 0.3) is 0 Å². The van der Waals surface area contributed by atoms with E-state index in [1.807, 2.05) is 12.1 Å². The first-order chi connectivity index (χ1) is 10.2. The predicted molar refractivity (Wildman–Crippen MR) is 76.3 cm³/mol. The lowest BCUT2D eigenvalue weighted by atomic mass is 10.2. The molecule has 6 nitrogen and oxygen atoms in total. The van der Waals surface area contributed by atoms with E-state index in [2.05, 4.69) is 0 Å². The number of ether oxygens (including phenoxy) is 1. The van der Waals surface area contributed by atoms with Crippen LogP contribution >= 0.6 is 0 Å². The van der Waals surface area contributed by atoms with Gasteiger partial charge in [0.2, 0.25) is 5.91 Å². The van der Waals surface area contributed by atoms with E-state index in [0.29, 0.717) is 31.7 Å². The third-order valence-electron chi connectivity index (χ3n) is 3.69. The highest BCUT2D eigenvalue weighted by Crippen LogP contribution is 2.21. The van der Waals surface area contributed by atoms with Gasteiger partial charge in [0.1, 0.15) is 6.54 Å². The highest BCUT2D eigenvalue weighted by molar-refractivity contribution is 6.03. The molecule has 0 aliphatic carbocycles. The van der Waals surface area contributed by atoms with Crippen LogP contribution in [-0.2, 0) is 16.1 Å². The smallest absolute Gasteiger partial charge is 0.337 e. The zero-order valence-corrected chi connectivity index (χ0v) is 11.5. The monoisotopic (exact) mass is 288 g/mol. The van der Waals surface area contributed by atoms with Crippen molar-refractivity contribution in [3.63, 3.8) is 0 Å². The number of carbonyl (C=O) groups excluding carboxylic acids is 1. The first-order valence-electron chi connectivity index (χ1n) is 6.83. The number of carboxylic acid groups (broad SMARTS) is 1. The van der Waals surface area contributed by atoms with Crippen LogP contribution in [0.15, 0.2) is 30.5 Å². The van der Waals surface area contributed by atoms with Crippen LogP contribution in [0.25, 0.3) is 10.9 Å². The zero-order valence-electron chi connectivity index (χ0n) is 11.5. The summed E-state index contributed by atoms with van der Waals surface area (Å²) in [5.74, 6) is -1.00. The maximum atomic E-state index is 12.3. The number of carboxylic acids is 1. The number of hydrogen-bond donors (Lipinski definition) is 1. The average Bonchev–Trinajstić information content (AvgIpc) is 2.87. The van der Waals surface area contributed by atoms with E-state index in [-0.39, 0.29) is 18.0 Å². The fraction of sp³-hybridized carbons (Fsp3) is 0.333. The van der Waals surface area contributed by atoms with Gasteiger partial charge in [-0.15, -0.1) is 0 Å². The number of fused-ring (bicyclic) bond motifs is 1. The third kappa shape index (κ3) is 2.62. The van der Waals surface area contributed by atoms with Gasteiger partial charge in [-0.25, -0.2) is 4.79 Å². The summed E-state index contributed by atoms with van der Waals surface area (Å²) in [6.07, 6.45) is 1.53. The van der Waals surface area contributed by atoms with Gasteiger partial charge in [0.05, 0.1) is 18.8 Å². The fourth-order valence-corrected chi connectivity index (χ4v) is 2.61. The van der Waals surface area contributed by atoms with Gasteiger partial charge >= 0.3 is 5.97 Å². The maximum absolute atomic E-state index is 12.3. The highest BCUT2D eigenvalue weighted by atomic mass is 16.5. The van der Waals surface area contributed by atoms with Gasteiger partial charge < -0.3 is 19.3 Å². The molecule has 1 aliphatic rings. The summed E-state index contributed by atoms with van der Waals surface area (Å²) >= 11 is 0. The molecule has 0 bridgehead atoms. The fourth-order valence-electron chi connectivity index (χ4n) is 2.61. The van der Waals surface area contributed by atoms with E-state index in [4.69, 9.17) is 4.74 Å². The Morgan fingerprint density at radius 3 is 2.62 bits per heavy atom. The number of amides is 1. The third-order valence-corrected chi connectivity index (χ3v) is 3.69. The molecule has 110 valence electrons. The van der Waals surface area contributed by atoms with E-state index in [9.17, 15) is 14.7 Å². The molecule has 1 N–H and O–H groups in total. The molecule has 3 rings (SSSR count). The average molecular weight is 288 g/mol. The molecule has 0 unspecified atom stereocenters. The molecule has 2 aromatic rings. The van der Waals surface area contributed by atoms with Crippen molar-refractivity contribution in [1.82, 2.24) is 9.47 Å². The Morgan fingerprint density at radius 1 is 1.19 bits per heavy atom. The van der Waals surface area contributed by atoms with Crippen LogP contribution < -0.4 is 0 Å². The second-order valence-electron chi connectivity index (χ2n) is 4.99. The van der Waals surface area contributed by atoms with E-state index < -0.39 is 5.97 Å². The summed E-state index contributed by atoms with van der Waals surface area (Å²) in [6, 6.07) is 7.22. The van der Waals surface area contributed by atoms with E-state index in [0.717, 1.165) is 5.52 Å². The largest absolute Gasteiger partial charge is 0.478 e. The number of para-hydroxylation sites is 1. The van der Waals surface area contributed by atoms with Gasteiger partial charge in [-0.05, 0) is 6.07 Å². The molecule has 1 aliphatic heterocycles. The lowest BCUT2D eigenvalue weighted by Gasteiger charge is -2.27. The standard InChI is InChI=1S/C15H16N2O4/c18-14(16-5-7-21-8-6-16)10-17-9-12(15(19)20)11-3-1-2-4-13(11)17/h1-4,9H,5-8,10H2,(H,19,20). The minimum Gasteiger partial charge on any atom is -0.478 e. The number of morpholine rings is 1.